The Labute approximate surface area is 64.9 Å². The second kappa shape index (κ2) is 3.50. The number of carboxylic acid groups (broad SMARTS) is 1. The van der Waals surface area contributed by atoms with Crippen LogP contribution in [0.5, 0.6) is 0 Å². The first-order valence-corrected chi connectivity index (χ1v) is 3.42. The third-order valence-corrected chi connectivity index (χ3v) is 1.54. The number of hydrogen-bond acceptors (Lipinski definition) is 3. The van der Waals surface area contributed by atoms with E-state index in [-0.39, 0.29) is 5.57 Å². The second-order valence-corrected chi connectivity index (χ2v) is 2.52. The van der Waals surface area contributed by atoms with Gasteiger partial charge in [-0.15, -0.1) is 0 Å². The van der Waals surface area contributed by atoms with Crippen LogP contribution in [0.15, 0.2) is 12.2 Å². The van der Waals surface area contributed by atoms with Crippen molar-refractivity contribution in [3.8, 4) is 0 Å². The van der Waals surface area contributed by atoms with Crippen molar-refractivity contribution in [1.82, 2.24) is 5.32 Å². The Morgan fingerprint density at radius 2 is 2.36 bits per heavy atom. The summed E-state index contributed by atoms with van der Waals surface area (Å²) < 4.78 is 4.89. The summed E-state index contributed by atoms with van der Waals surface area (Å²) in [5, 5.41) is 11.4. The molecule has 1 rings (SSSR count). The van der Waals surface area contributed by atoms with Crippen LogP contribution in [0.1, 0.15) is 0 Å². The van der Waals surface area contributed by atoms with E-state index in [1.165, 1.54) is 0 Å². The molecule has 62 valence electrons. The maximum atomic E-state index is 10.2. The first-order valence-electron chi connectivity index (χ1n) is 3.42. The fraction of sp³-hybridized carbons (Fsp3) is 0.571. The molecule has 0 spiro atoms. The Balaban J connectivity index is 2.10. The first-order chi connectivity index (χ1) is 5.20. The van der Waals surface area contributed by atoms with Gasteiger partial charge in [0, 0.05) is 12.1 Å². The normalized spacial score (nSPS) is 17.5. The van der Waals surface area contributed by atoms with Crippen LogP contribution in [-0.4, -0.2) is 36.9 Å². The Morgan fingerprint density at radius 1 is 1.73 bits per heavy atom. The summed E-state index contributed by atoms with van der Waals surface area (Å²) >= 11 is 0. The maximum Gasteiger partial charge on any atom is 0.332 e. The van der Waals surface area contributed by atoms with E-state index in [2.05, 4.69) is 11.9 Å². The molecule has 0 atom stereocenters. The molecule has 1 fully saturated rings. The minimum Gasteiger partial charge on any atom is -0.478 e. The van der Waals surface area contributed by atoms with E-state index < -0.39 is 5.97 Å². The number of nitrogens with one attached hydrogen (secondary N) is 1. The van der Waals surface area contributed by atoms with Crippen LogP contribution in [0.2, 0.25) is 0 Å². The molecule has 2 N–H and O–H groups in total. The number of aliphatic carboxylic acids is 1. The van der Waals surface area contributed by atoms with Gasteiger partial charge in [0.15, 0.2) is 0 Å². The molecule has 0 aromatic rings. The summed E-state index contributed by atoms with van der Waals surface area (Å²) in [7, 11) is 0. The lowest BCUT2D eigenvalue weighted by atomic mass is 10.2. The zero-order valence-corrected chi connectivity index (χ0v) is 6.17. The fourth-order valence-corrected chi connectivity index (χ4v) is 0.697. The zero-order chi connectivity index (χ0) is 8.27. The maximum absolute atomic E-state index is 10.2. The molecule has 0 saturated carbocycles. The van der Waals surface area contributed by atoms with Gasteiger partial charge >= 0.3 is 5.97 Å². The lowest BCUT2D eigenvalue weighted by Crippen LogP contribution is -2.46. The molecule has 4 nitrogen and oxygen atoms in total. The van der Waals surface area contributed by atoms with E-state index in [0.717, 1.165) is 0 Å². The molecule has 11 heavy (non-hydrogen) atoms. The Morgan fingerprint density at radius 3 is 2.73 bits per heavy atom. The molecular weight excluding hydrogens is 146 g/mol. The van der Waals surface area contributed by atoms with Crippen LogP contribution in [-0.2, 0) is 9.53 Å². The molecule has 1 aliphatic heterocycles. The van der Waals surface area contributed by atoms with Crippen LogP contribution >= 0.6 is 0 Å². The molecule has 0 unspecified atom stereocenters. The fourth-order valence-electron chi connectivity index (χ4n) is 0.697. The SMILES string of the molecule is C=C(CNC1COC1)C(=O)O. The molecule has 0 aromatic heterocycles. The summed E-state index contributed by atoms with van der Waals surface area (Å²) in [5.41, 5.74) is 0.192. The Bertz CT molecular complexity index is 175. The summed E-state index contributed by atoms with van der Waals surface area (Å²) in [5.74, 6) is -0.947. The molecule has 0 radical (unpaired) electrons. The molecule has 1 aliphatic rings. The second-order valence-electron chi connectivity index (χ2n) is 2.52. The van der Waals surface area contributed by atoms with Gasteiger partial charge in [0.1, 0.15) is 0 Å². The van der Waals surface area contributed by atoms with E-state index >= 15 is 0 Å². The molecule has 0 amide bonds. The lowest BCUT2D eigenvalue weighted by Gasteiger charge is -2.26. The van der Waals surface area contributed by atoms with Gasteiger partial charge < -0.3 is 15.2 Å². The molecule has 0 aliphatic carbocycles. The van der Waals surface area contributed by atoms with E-state index in [1.807, 2.05) is 0 Å². The van der Waals surface area contributed by atoms with E-state index in [9.17, 15) is 4.79 Å². The predicted molar refractivity (Wildman–Crippen MR) is 39.4 cm³/mol. The molecule has 1 saturated heterocycles. The highest BCUT2D eigenvalue weighted by Crippen LogP contribution is 1.99. The third-order valence-electron chi connectivity index (χ3n) is 1.54. The summed E-state index contributed by atoms with van der Waals surface area (Å²) in [6, 6.07) is 0.311. The smallest absolute Gasteiger partial charge is 0.332 e. The number of rotatable bonds is 4. The van der Waals surface area contributed by atoms with Crippen molar-refractivity contribution in [2.45, 2.75) is 6.04 Å². The average Bonchev–Trinajstić information content (AvgIpc) is 1.83. The van der Waals surface area contributed by atoms with Gasteiger partial charge in [-0.2, -0.15) is 0 Å². The number of carbonyl (C=O) groups is 1. The lowest BCUT2D eigenvalue weighted by molar-refractivity contribution is -0.132. The quantitative estimate of drug-likeness (QED) is 0.546. The third kappa shape index (κ3) is 2.32. The molecule has 1 heterocycles. The Kier molecular flexibility index (Phi) is 2.62. The zero-order valence-electron chi connectivity index (χ0n) is 6.17. The van der Waals surface area contributed by atoms with E-state index in [0.29, 0.717) is 25.8 Å². The largest absolute Gasteiger partial charge is 0.478 e. The highest BCUT2D eigenvalue weighted by atomic mass is 16.5. The first kappa shape index (κ1) is 8.23. The van der Waals surface area contributed by atoms with Gasteiger partial charge in [0.05, 0.1) is 19.3 Å². The Hall–Kier alpha value is -0.870. The average molecular weight is 157 g/mol. The van der Waals surface area contributed by atoms with E-state index in [4.69, 9.17) is 9.84 Å². The minimum atomic E-state index is -0.947. The predicted octanol–water partition coefficient (Wildman–Crippen LogP) is -0.384. The van der Waals surface area contributed by atoms with Crippen LogP contribution in [0.3, 0.4) is 0 Å². The van der Waals surface area contributed by atoms with Gasteiger partial charge in [-0.1, -0.05) is 6.58 Å². The van der Waals surface area contributed by atoms with Gasteiger partial charge in [-0.05, 0) is 0 Å². The van der Waals surface area contributed by atoms with Crippen LogP contribution in [0, 0.1) is 0 Å². The van der Waals surface area contributed by atoms with Crippen molar-refractivity contribution < 1.29 is 14.6 Å². The van der Waals surface area contributed by atoms with E-state index in [1.54, 1.807) is 0 Å². The molecule has 0 aromatic carbocycles. The van der Waals surface area contributed by atoms with Gasteiger partial charge in [-0.3, -0.25) is 0 Å². The molecule has 4 heteroatoms. The highest BCUT2D eigenvalue weighted by molar-refractivity contribution is 5.86. The van der Waals surface area contributed by atoms with Crippen molar-refractivity contribution in [2.24, 2.45) is 0 Å². The standard InChI is InChI=1S/C7H11NO3/c1-5(7(9)10)2-8-6-3-11-4-6/h6,8H,1-4H2,(H,9,10). The summed E-state index contributed by atoms with van der Waals surface area (Å²) in [6.07, 6.45) is 0. The summed E-state index contributed by atoms with van der Waals surface area (Å²) in [6.45, 7) is 5.07. The highest BCUT2D eigenvalue weighted by Gasteiger charge is 2.17. The van der Waals surface area contributed by atoms with Crippen molar-refractivity contribution in [2.75, 3.05) is 19.8 Å². The topological polar surface area (TPSA) is 58.6 Å². The van der Waals surface area contributed by atoms with Crippen molar-refractivity contribution >= 4 is 5.97 Å². The van der Waals surface area contributed by atoms with Gasteiger partial charge in [0.2, 0.25) is 0 Å². The number of hydrogen-bond donors (Lipinski definition) is 2. The summed E-state index contributed by atoms with van der Waals surface area (Å²) in [4.78, 5) is 10.2. The number of carboxylic acids is 1. The van der Waals surface area contributed by atoms with Gasteiger partial charge in [-0.25, -0.2) is 4.79 Å². The van der Waals surface area contributed by atoms with Crippen LogP contribution in [0.4, 0.5) is 0 Å². The molecule has 0 bridgehead atoms. The van der Waals surface area contributed by atoms with Gasteiger partial charge in [0.25, 0.3) is 0 Å². The van der Waals surface area contributed by atoms with Crippen molar-refractivity contribution in [3.05, 3.63) is 12.2 Å². The van der Waals surface area contributed by atoms with Crippen LogP contribution < -0.4 is 5.32 Å². The van der Waals surface area contributed by atoms with Crippen molar-refractivity contribution in [1.29, 1.82) is 0 Å². The molecular formula is C7H11NO3. The number of ether oxygens (including phenoxy) is 1. The minimum absolute atomic E-state index is 0.192. The van der Waals surface area contributed by atoms with Crippen molar-refractivity contribution in [3.63, 3.8) is 0 Å². The van der Waals surface area contributed by atoms with Crippen LogP contribution in [0.25, 0.3) is 0 Å². The monoisotopic (exact) mass is 157 g/mol.